The van der Waals surface area contributed by atoms with E-state index in [9.17, 15) is 4.79 Å². The van der Waals surface area contributed by atoms with Crippen molar-refractivity contribution in [2.24, 2.45) is 0 Å². The summed E-state index contributed by atoms with van der Waals surface area (Å²) in [6.45, 7) is 1.49. The molecule has 0 bridgehead atoms. The molecule has 1 aromatic carbocycles. The number of ether oxygens (including phenoxy) is 5. The summed E-state index contributed by atoms with van der Waals surface area (Å²) in [6.07, 6.45) is 7.31. The van der Waals surface area contributed by atoms with Crippen LogP contribution in [-0.2, 0) is 20.7 Å². The van der Waals surface area contributed by atoms with Gasteiger partial charge in [0, 0.05) is 39.2 Å². The van der Waals surface area contributed by atoms with E-state index in [-0.39, 0.29) is 12.7 Å². The van der Waals surface area contributed by atoms with Crippen molar-refractivity contribution in [3.05, 3.63) is 53.9 Å². The fraction of sp³-hybridized carbons (Fsp3) is 0.391. The maximum atomic E-state index is 12.4. The zero-order valence-electron chi connectivity index (χ0n) is 18.5. The number of rotatable bonds is 13. The van der Waals surface area contributed by atoms with Crippen molar-refractivity contribution < 1.29 is 28.5 Å². The second-order valence-electron chi connectivity index (χ2n) is 6.62. The normalized spacial score (nSPS) is 10.8. The quantitative estimate of drug-likeness (QED) is 0.275. The molecule has 2 aromatic rings. The zero-order chi connectivity index (χ0) is 22.5. The van der Waals surface area contributed by atoms with Gasteiger partial charge < -0.3 is 28.6 Å². The average molecular weight is 431 g/mol. The van der Waals surface area contributed by atoms with Gasteiger partial charge in [0.2, 0.25) is 11.7 Å². The second-order valence-corrected chi connectivity index (χ2v) is 6.62. The molecule has 2 rings (SSSR count). The van der Waals surface area contributed by atoms with Crippen LogP contribution in [0.4, 0.5) is 0 Å². The third-order valence-electron chi connectivity index (χ3n) is 4.45. The molecule has 168 valence electrons. The molecule has 8 heteroatoms. The van der Waals surface area contributed by atoms with Crippen molar-refractivity contribution in [3.8, 4) is 17.2 Å². The van der Waals surface area contributed by atoms with Gasteiger partial charge in [-0.15, -0.1) is 0 Å². The molecule has 0 aliphatic heterocycles. The van der Waals surface area contributed by atoms with E-state index in [0.717, 1.165) is 11.1 Å². The Morgan fingerprint density at radius 3 is 2.48 bits per heavy atom. The number of carbonyl (C=O) groups is 1. The van der Waals surface area contributed by atoms with Gasteiger partial charge in [0.25, 0.3) is 0 Å². The van der Waals surface area contributed by atoms with E-state index >= 15 is 0 Å². The number of hydrogen-bond donors (Lipinski definition) is 0. The van der Waals surface area contributed by atoms with Crippen LogP contribution in [0.2, 0.25) is 0 Å². The molecule has 0 spiro atoms. The Morgan fingerprint density at radius 1 is 1.13 bits per heavy atom. The van der Waals surface area contributed by atoms with Crippen LogP contribution in [0.5, 0.6) is 17.2 Å². The summed E-state index contributed by atoms with van der Waals surface area (Å²) in [5.41, 5.74) is 1.83. The van der Waals surface area contributed by atoms with Crippen LogP contribution in [-0.4, -0.2) is 70.7 Å². The minimum atomic E-state index is -0.0871. The standard InChI is InChI=1S/C23H30N2O6/c1-25(22(26)8-7-18-6-5-10-24-16-18)11-9-19-14-20(28-3)23(21(15-19)29-4)31-17-30-13-12-27-2/h5-8,10,14-16H,9,11-13,17H2,1-4H3/b8-7+. The summed E-state index contributed by atoms with van der Waals surface area (Å²) in [4.78, 5) is 18.0. The van der Waals surface area contributed by atoms with E-state index in [1.807, 2.05) is 24.3 Å². The van der Waals surface area contributed by atoms with Gasteiger partial charge in [-0.2, -0.15) is 0 Å². The molecule has 8 nitrogen and oxygen atoms in total. The molecular formula is C23H30N2O6. The number of methoxy groups -OCH3 is 3. The first-order chi connectivity index (χ1) is 15.1. The number of hydrogen-bond acceptors (Lipinski definition) is 7. The molecule has 1 amide bonds. The molecule has 0 unspecified atom stereocenters. The van der Waals surface area contributed by atoms with E-state index in [4.69, 9.17) is 23.7 Å². The Balaban J connectivity index is 1.97. The highest BCUT2D eigenvalue weighted by molar-refractivity contribution is 5.91. The van der Waals surface area contributed by atoms with Crippen molar-refractivity contribution in [3.63, 3.8) is 0 Å². The molecule has 0 atom stereocenters. The monoisotopic (exact) mass is 430 g/mol. The molecule has 0 N–H and O–H groups in total. The third-order valence-corrected chi connectivity index (χ3v) is 4.45. The topological polar surface area (TPSA) is 79.4 Å². The predicted molar refractivity (Wildman–Crippen MR) is 117 cm³/mol. The van der Waals surface area contributed by atoms with E-state index in [2.05, 4.69) is 4.98 Å². The van der Waals surface area contributed by atoms with E-state index in [1.165, 1.54) is 0 Å². The van der Waals surface area contributed by atoms with Gasteiger partial charge in [-0.1, -0.05) is 6.07 Å². The van der Waals surface area contributed by atoms with Gasteiger partial charge in [-0.25, -0.2) is 0 Å². The summed E-state index contributed by atoms with van der Waals surface area (Å²) in [5, 5.41) is 0. The predicted octanol–water partition coefficient (Wildman–Crippen LogP) is 2.81. The Labute approximate surface area is 183 Å². The molecule has 31 heavy (non-hydrogen) atoms. The summed E-state index contributed by atoms with van der Waals surface area (Å²) in [7, 11) is 6.50. The Morgan fingerprint density at radius 2 is 1.87 bits per heavy atom. The molecule has 1 aromatic heterocycles. The highest BCUT2D eigenvalue weighted by Crippen LogP contribution is 2.38. The van der Waals surface area contributed by atoms with Crippen LogP contribution in [0.1, 0.15) is 11.1 Å². The SMILES string of the molecule is COCCOCOc1c(OC)cc(CCN(C)C(=O)/C=C/c2cccnc2)cc1OC. The Bertz CT molecular complexity index is 816. The summed E-state index contributed by atoms with van der Waals surface area (Å²) in [5.74, 6) is 1.45. The van der Waals surface area contributed by atoms with E-state index in [0.29, 0.717) is 43.4 Å². The van der Waals surface area contributed by atoms with Crippen LogP contribution in [0.3, 0.4) is 0 Å². The molecule has 0 saturated carbocycles. The molecule has 1 heterocycles. The smallest absolute Gasteiger partial charge is 0.246 e. The largest absolute Gasteiger partial charge is 0.493 e. The molecule has 0 radical (unpaired) electrons. The fourth-order valence-electron chi connectivity index (χ4n) is 2.70. The highest BCUT2D eigenvalue weighted by atomic mass is 16.7. The number of aromatic nitrogens is 1. The number of nitrogens with zero attached hydrogens (tertiary/aromatic N) is 2. The number of amides is 1. The van der Waals surface area contributed by atoms with E-state index < -0.39 is 0 Å². The van der Waals surface area contributed by atoms with Gasteiger partial charge in [0.15, 0.2) is 18.3 Å². The molecule has 0 fully saturated rings. The lowest BCUT2D eigenvalue weighted by Crippen LogP contribution is -2.27. The van der Waals surface area contributed by atoms with Gasteiger partial charge in [-0.05, 0) is 41.8 Å². The first-order valence-corrected chi connectivity index (χ1v) is 9.86. The molecule has 0 saturated heterocycles. The Kier molecular flexibility index (Phi) is 10.3. The summed E-state index contributed by atoms with van der Waals surface area (Å²) >= 11 is 0. The first kappa shape index (κ1) is 24.2. The van der Waals surface area contributed by atoms with Gasteiger partial charge in [0.1, 0.15) is 0 Å². The number of benzene rings is 1. The highest BCUT2D eigenvalue weighted by Gasteiger charge is 2.15. The van der Waals surface area contributed by atoms with Gasteiger partial charge in [-0.3, -0.25) is 9.78 Å². The van der Waals surface area contributed by atoms with Crippen LogP contribution < -0.4 is 14.2 Å². The zero-order valence-corrected chi connectivity index (χ0v) is 18.5. The third kappa shape index (κ3) is 7.92. The maximum absolute atomic E-state index is 12.4. The minimum Gasteiger partial charge on any atom is -0.493 e. The summed E-state index contributed by atoms with van der Waals surface area (Å²) < 4.78 is 26.9. The van der Waals surface area contributed by atoms with Gasteiger partial charge in [0.05, 0.1) is 27.4 Å². The van der Waals surface area contributed by atoms with Crippen molar-refractivity contribution in [2.75, 3.05) is 54.9 Å². The van der Waals surface area contributed by atoms with Gasteiger partial charge >= 0.3 is 0 Å². The van der Waals surface area contributed by atoms with E-state index in [1.54, 1.807) is 57.8 Å². The van der Waals surface area contributed by atoms with Crippen molar-refractivity contribution in [2.45, 2.75) is 6.42 Å². The lowest BCUT2D eigenvalue weighted by Gasteiger charge is -2.18. The fourth-order valence-corrected chi connectivity index (χ4v) is 2.70. The Hall–Kier alpha value is -3.10. The molecule has 0 aliphatic carbocycles. The van der Waals surface area contributed by atoms with Crippen LogP contribution >= 0.6 is 0 Å². The first-order valence-electron chi connectivity index (χ1n) is 9.86. The average Bonchev–Trinajstić information content (AvgIpc) is 2.81. The van der Waals surface area contributed by atoms with Crippen LogP contribution in [0.25, 0.3) is 6.08 Å². The van der Waals surface area contributed by atoms with Crippen molar-refractivity contribution in [1.82, 2.24) is 9.88 Å². The summed E-state index contributed by atoms with van der Waals surface area (Å²) in [6, 6.07) is 7.46. The molecular weight excluding hydrogens is 400 g/mol. The van der Waals surface area contributed by atoms with Crippen LogP contribution in [0.15, 0.2) is 42.7 Å². The van der Waals surface area contributed by atoms with Crippen molar-refractivity contribution in [1.29, 1.82) is 0 Å². The van der Waals surface area contributed by atoms with Crippen molar-refractivity contribution >= 4 is 12.0 Å². The second kappa shape index (κ2) is 13.3. The number of likely N-dealkylation sites (N-methyl/N-ethyl adjacent to an activating group) is 1. The number of carbonyl (C=O) groups excluding carboxylic acids is 1. The van der Waals surface area contributed by atoms with Crippen LogP contribution in [0, 0.1) is 0 Å². The maximum Gasteiger partial charge on any atom is 0.246 e. The lowest BCUT2D eigenvalue weighted by molar-refractivity contribution is -0.124. The molecule has 0 aliphatic rings. The number of pyridine rings is 1. The minimum absolute atomic E-state index is 0.0515. The lowest BCUT2D eigenvalue weighted by atomic mass is 10.1.